The van der Waals surface area contributed by atoms with Gasteiger partial charge in [0, 0.05) is 36.4 Å². The molecule has 0 spiro atoms. The fourth-order valence-electron chi connectivity index (χ4n) is 2.58. The second kappa shape index (κ2) is 7.04. The normalized spacial score (nSPS) is 17.3. The topological polar surface area (TPSA) is 70.2 Å². The van der Waals surface area contributed by atoms with Crippen molar-refractivity contribution in [1.29, 1.82) is 0 Å². The van der Waals surface area contributed by atoms with E-state index < -0.39 is 0 Å². The van der Waals surface area contributed by atoms with Crippen LogP contribution in [0.1, 0.15) is 27.2 Å². The fraction of sp³-hybridized carbons (Fsp3) is 0.467. The monoisotopic (exact) mass is 320 g/mol. The van der Waals surface area contributed by atoms with E-state index in [1.54, 1.807) is 17.5 Å². The molecule has 2 aromatic rings. The van der Waals surface area contributed by atoms with E-state index in [0.717, 1.165) is 32.0 Å². The van der Waals surface area contributed by atoms with Crippen LogP contribution in [0.3, 0.4) is 0 Å². The van der Waals surface area contributed by atoms with E-state index in [-0.39, 0.29) is 11.9 Å². The number of nitrogens with one attached hydrogen (secondary N) is 2. The molecule has 7 heteroatoms. The van der Waals surface area contributed by atoms with Crippen LogP contribution in [0.5, 0.6) is 0 Å². The first kappa shape index (κ1) is 15.2. The van der Waals surface area contributed by atoms with E-state index >= 15 is 0 Å². The SMILES string of the molecule is Cc1cnc(C(=O)NCC(c2cccs2)N2CCOCC2)[nH]1. The lowest BCUT2D eigenvalue weighted by atomic mass is 10.2. The number of thiophene rings is 1. The molecule has 1 saturated heterocycles. The molecule has 0 aromatic carbocycles. The maximum atomic E-state index is 12.2. The van der Waals surface area contributed by atoms with Gasteiger partial charge in [-0.1, -0.05) is 6.07 Å². The summed E-state index contributed by atoms with van der Waals surface area (Å²) in [6.45, 7) is 5.71. The highest BCUT2D eigenvalue weighted by atomic mass is 32.1. The van der Waals surface area contributed by atoms with Gasteiger partial charge in [-0.3, -0.25) is 9.69 Å². The van der Waals surface area contributed by atoms with Crippen molar-refractivity contribution >= 4 is 17.2 Å². The quantitative estimate of drug-likeness (QED) is 0.877. The van der Waals surface area contributed by atoms with Crippen molar-refractivity contribution in [2.45, 2.75) is 13.0 Å². The highest BCUT2D eigenvalue weighted by molar-refractivity contribution is 7.10. The maximum absolute atomic E-state index is 12.2. The molecule has 1 atom stereocenters. The molecule has 0 radical (unpaired) electrons. The molecule has 0 bridgehead atoms. The Bertz CT molecular complexity index is 605. The number of aryl methyl sites for hydroxylation is 1. The number of ether oxygens (including phenoxy) is 1. The number of H-pyrrole nitrogens is 1. The molecule has 1 aliphatic heterocycles. The Balaban J connectivity index is 1.66. The molecular formula is C15H20N4O2S. The van der Waals surface area contributed by atoms with Crippen molar-refractivity contribution in [2.75, 3.05) is 32.8 Å². The first-order chi connectivity index (χ1) is 10.7. The molecular weight excluding hydrogens is 300 g/mol. The number of aromatic amines is 1. The van der Waals surface area contributed by atoms with Crippen LogP contribution >= 0.6 is 11.3 Å². The predicted molar refractivity (Wildman–Crippen MR) is 85.1 cm³/mol. The average molecular weight is 320 g/mol. The molecule has 0 aliphatic carbocycles. The Kier molecular flexibility index (Phi) is 4.87. The van der Waals surface area contributed by atoms with Gasteiger partial charge in [0.25, 0.3) is 5.91 Å². The van der Waals surface area contributed by atoms with Crippen LogP contribution in [0.2, 0.25) is 0 Å². The van der Waals surface area contributed by atoms with Gasteiger partial charge in [-0.05, 0) is 18.4 Å². The van der Waals surface area contributed by atoms with E-state index in [4.69, 9.17) is 4.74 Å². The zero-order valence-corrected chi connectivity index (χ0v) is 13.4. The molecule has 1 amide bonds. The van der Waals surface area contributed by atoms with Crippen molar-refractivity contribution in [1.82, 2.24) is 20.2 Å². The summed E-state index contributed by atoms with van der Waals surface area (Å²) in [5, 5.41) is 5.06. The standard InChI is InChI=1S/C15H20N4O2S/c1-11-9-16-14(18-11)15(20)17-10-12(13-3-2-8-22-13)19-4-6-21-7-5-19/h2-3,8-9,12H,4-7,10H2,1H3,(H,16,18)(H,17,20). The van der Waals surface area contributed by atoms with Crippen LogP contribution in [0.15, 0.2) is 23.7 Å². The summed E-state index contributed by atoms with van der Waals surface area (Å²) < 4.78 is 5.42. The maximum Gasteiger partial charge on any atom is 0.287 e. The number of hydrogen-bond donors (Lipinski definition) is 2. The number of carbonyl (C=O) groups excluding carboxylic acids is 1. The number of morpholine rings is 1. The van der Waals surface area contributed by atoms with Crippen LogP contribution in [0, 0.1) is 6.92 Å². The Morgan fingerprint density at radius 2 is 2.36 bits per heavy atom. The zero-order chi connectivity index (χ0) is 15.4. The van der Waals surface area contributed by atoms with Crippen molar-refractivity contribution in [3.8, 4) is 0 Å². The van der Waals surface area contributed by atoms with Crippen molar-refractivity contribution in [3.05, 3.63) is 40.1 Å². The Morgan fingerprint density at radius 1 is 1.55 bits per heavy atom. The minimum absolute atomic E-state index is 0.164. The first-order valence-corrected chi connectivity index (χ1v) is 8.27. The largest absolute Gasteiger partial charge is 0.379 e. The minimum atomic E-state index is -0.164. The third-order valence-electron chi connectivity index (χ3n) is 3.73. The molecule has 0 saturated carbocycles. The molecule has 22 heavy (non-hydrogen) atoms. The van der Waals surface area contributed by atoms with Crippen LogP contribution in [0.25, 0.3) is 0 Å². The van der Waals surface area contributed by atoms with E-state index in [2.05, 4.69) is 31.6 Å². The summed E-state index contributed by atoms with van der Waals surface area (Å²) in [5.74, 6) is 0.201. The molecule has 2 aromatic heterocycles. The van der Waals surface area contributed by atoms with Crippen LogP contribution in [-0.2, 0) is 4.74 Å². The number of carbonyl (C=O) groups is 1. The summed E-state index contributed by atoms with van der Waals surface area (Å²) in [4.78, 5) is 22.8. The zero-order valence-electron chi connectivity index (χ0n) is 12.5. The second-order valence-electron chi connectivity index (χ2n) is 5.30. The van der Waals surface area contributed by atoms with Gasteiger partial charge in [-0.15, -0.1) is 11.3 Å². The molecule has 1 aliphatic rings. The summed E-state index contributed by atoms with van der Waals surface area (Å²) in [6.07, 6.45) is 1.66. The summed E-state index contributed by atoms with van der Waals surface area (Å²) >= 11 is 1.72. The van der Waals surface area contributed by atoms with Crippen molar-refractivity contribution < 1.29 is 9.53 Å². The van der Waals surface area contributed by atoms with Gasteiger partial charge in [0.15, 0.2) is 5.82 Å². The molecule has 6 nitrogen and oxygen atoms in total. The third-order valence-corrected chi connectivity index (χ3v) is 4.71. The van der Waals surface area contributed by atoms with Crippen LogP contribution < -0.4 is 5.32 Å². The second-order valence-corrected chi connectivity index (χ2v) is 6.28. The number of nitrogens with zero attached hydrogens (tertiary/aromatic N) is 2. The van der Waals surface area contributed by atoms with Gasteiger partial charge >= 0.3 is 0 Å². The van der Waals surface area contributed by atoms with Crippen molar-refractivity contribution in [3.63, 3.8) is 0 Å². The number of amides is 1. The smallest absolute Gasteiger partial charge is 0.287 e. The lowest BCUT2D eigenvalue weighted by molar-refractivity contribution is 0.0169. The Morgan fingerprint density at radius 3 is 3.00 bits per heavy atom. The van der Waals surface area contributed by atoms with E-state index in [0.29, 0.717) is 12.4 Å². The van der Waals surface area contributed by atoms with Gasteiger partial charge in [0.05, 0.1) is 19.3 Å². The van der Waals surface area contributed by atoms with Gasteiger partial charge in [0.2, 0.25) is 0 Å². The molecule has 3 rings (SSSR count). The molecule has 118 valence electrons. The number of rotatable bonds is 5. The first-order valence-electron chi connectivity index (χ1n) is 7.39. The number of aromatic nitrogens is 2. The van der Waals surface area contributed by atoms with E-state index in [1.165, 1.54) is 4.88 Å². The number of hydrogen-bond acceptors (Lipinski definition) is 5. The van der Waals surface area contributed by atoms with E-state index in [9.17, 15) is 4.79 Å². The third kappa shape index (κ3) is 3.55. The van der Waals surface area contributed by atoms with Gasteiger partial charge in [-0.25, -0.2) is 4.98 Å². The Labute approximate surface area is 133 Å². The van der Waals surface area contributed by atoms with Gasteiger partial charge in [0.1, 0.15) is 0 Å². The molecule has 2 N–H and O–H groups in total. The lowest BCUT2D eigenvalue weighted by Crippen LogP contribution is -2.43. The molecule has 1 unspecified atom stereocenters. The van der Waals surface area contributed by atoms with Crippen LogP contribution in [0.4, 0.5) is 0 Å². The van der Waals surface area contributed by atoms with Crippen LogP contribution in [-0.4, -0.2) is 53.6 Å². The Hall–Kier alpha value is -1.70. The highest BCUT2D eigenvalue weighted by Crippen LogP contribution is 2.25. The van der Waals surface area contributed by atoms with Gasteiger partial charge < -0.3 is 15.0 Å². The van der Waals surface area contributed by atoms with E-state index in [1.807, 2.05) is 13.0 Å². The van der Waals surface area contributed by atoms with Gasteiger partial charge in [-0.2, -0.15) is 0 Å². The molecule has 1 fully saturated rings. The van der Waals surface area contributed by atoms with Crippen molar-refractivity contribution in [2.24, 2.45) is 0 Å². The lowest BCUT2D eigenvalue weighted by Gasteiger charge is -2.34. The highest BCUT2D eigenvalue weighted by Gasteiger charge is 2.24. The fourth-order valence-corrected chi connectivity index (χ4v) is 3.44. The molecule has 3 heterocycles. The number of imidazole rings is 1. The average Bonchev–Trinajstić information content (AvgIpc) is 3.20. The predicted octanol–water partition coefficient (Wildman–Crippen LogP) is 1.58. The summed E-state index contributed by atoms with van der Waals surface area (Å²) in [5.41, 5.74) is 0.883. The summed E-state index contributed by atoms with van der Waals surface area (Å²) in [6, 6.07) is 4.35. The summed E-state index contributed by atoms with van der Waals surface area (Å²) in [7, 11) is 0. The minimum Gasteiger partial charge on any atom is -0.379 e.